The summed E-state index contributed by atoms with van der Waals surface area (Å²) in [7, 11) is 0. The van der Waals surface area contributed by atoms with E-state index in [1.165, 1.54) is 12.4 Å². The maximum atomic E-state index is 11.6. The largest absolute Gasteiger partial charge is 0.462 e. The van der Waals surface area contributed by atoms with E-state index in [9.17, 15) is 4.79 Å². The van der Waals surface area contributed by atoms with Crippen molar-refractivity contribution in [3.8, 4) is 0 Å². The van der Waals surface area contributed by atoms with Crippen LogP contribution < -0.4 is 5.73 Å². The molecule has 16 heavy (non-hydrogen) atoms. The Morgan fingerprint density at radius 2 is 2.19 bits per heavy atom. The van der Waals surface area contributed by atoms with E-state index in [1.807, 2.05) is 0 Å². The van der Waals surface area contributed by atoms with E-state index < -0.39 is 0 Å². The summed E-state index contributed by atoms with van der Waals surface area (Å²) in [6.45, 7) is 6.70. The molecular formula is C12H18N2O2. The van der Waals surface area contributed by atoms with Crippen LogP contribution in [-0.4, -0.2) is 17.6 Å². The lowest BCUT2D eigenvalue weighted by atomic mass is 9.93. The molecule has 0 aliphatic rings. The first-order valence-electron chi connectivity index (χ1n) is 5.27. The van der Waals surface area contributed by atoms with Crippen LogP contribution in [-0.2, 0) is 4.74 Å². The van der Waals surface area contributed by atoms with E-state index in [4.69, 9.17) is 10.5 Å². The third-order valence-corrected chi connectivity index (χ3v) is 2.16. The maximum Gasteiger partial charge on any atom is 0.340 e. The van der Waals surface area contributed by atoms with Crippen molar-refractivity contribution in [1.29, 1.82) is 0 Å². The Kier molecular flexibility index (Phi) is 3.88. The van der Waals surface area contributed by atoms with Gasteiger partial charge >= 0.3 is 5.97 Å². The van der Waals surface area contributed by atoms with Crippen LogP contribution in [0.1, 0.15) is 37.6 Å². The number of hydrogen-bond donors (Lipinski definition) is 1. The summed E-state index contributed by atoms with van der Waals surface area (Å²) in [6, 6.07) is 1.56. The Morgan fingerprint density at radius 1 is 1.50 bits per heavy atom. The molecule has 0 amide bonds. The number of nitrogen functional groups attached to an aromatic ring is 1. The lowest BCUT2D eigenvalue weighted by Gasteiger charge is -2.17. The van der Waals surface area contributed by atoms with Crippen molar-refractivity contribution in [1.82, 2.24) is 4.98 Å². The van der Waals surface area contributed by atoms with Gasteiger partial charge < -0.3 is 10.5 Å². The number of nitrogens with two attached hydrogens (primary N) is 1. The molecule has 0 aromatic carbocycles. The smallest absolute Gasteiger partial charge is 0.340 e. The molecule has 0 atom stereocenters. The number of anilines is 1. The van der Waals surface area contributed by atoms with Gasteiger partial charge in [0, 0.05) is 6.20 Å². The topological polar surface area (TPSA) is 65.2 Å². The normalized spacial score (nSPS) is 11.2. The molecule has 1 aromatic heterocycles. The molecule has 1 aromatic rings. The van der Waals surface area contributed by atoms with Gasteiger partial charge in [-0.05, 0) is 17.9 Å². The lowest BCUT2D eigenvalue weighted by molar-refractivity contribution is 0.0466. The monoisotopic (exact) mass is 222 g/mol. The van der Waals surface area contributed by atoms with Gasteiger partial charge in [-0.1, -0.05) is 20.8 Å². The molecular weight excluding hydrogens is 204 g/mol. The number of pyridine rings is 1. The van der Waals surface area contributed by atoms with Crippen molar-refractivity contribution in [2.24, 2.45) is 5.41 Å². The number of carbonyl (C=O) groups excluding carboxylic acids is 1. The lowest BCUT2D eigenvalue weighted by Crippen LogP contribution is -2.14. The second-order valence-electron chi connectivity index (χ2n) is 4.91. The zero-order valence-electron chi connectivity index (χ0n) is 9.99. The van der Waals surface area contributed by atoms with Gasteiger partial charge in [-0.2, -0.15) is 0 Å². The Labute approximate surface area is 95.8 Å². The van der Waals surface area contributed by atoms with Crippen LogP contribution in [0.2, 0.25) is 0 Å². The fourth-order valence-corrected chi connectivity index (χ4v) is 1.12. The van der Waals surface area contributed by atoms with E-state index in [-0.39, 0.29) is 11.4 Å². The standard InChI is InChI=1S/C12H18N2O2/c1-12(2,3)5-7-16-11(15)9-4-6-14-8-10(9)13/h4,6,8H,5,7,13H2,1-3H3. The highest BCUT2D eigenvalue weighted by Gasteiger charge is 2.14. The van der Waals surface area contributed by atoms with Crippen molar-refractivity contribution in [2.45, 2.75) is 27.2 Å². The van der Waals surface area contributed by atoms with Gasteiger partial charge in [0.05, 0.1) is 24.1 Å². The predicted octanol–water partition coefficient (Wildman–Crippen LogP) is 2.26. The molecule has 1 rings (SSSR count). The van der Waals surface area contributed by atoms with Crippen LogP contribution in [0.4, 0.5) is 5.69 Å². The van der Waals surface area contributed by atoms with Crippen LogP contribution in [0.3, 0.4) is 0 Å². The second-order valence-corrected chi connectivity index (χ2v) is 4.91. The van der Waals surface area contributed by atoms with Gasteiger partial charge in [0.25, 0.3) is 0 Å². The first-order chi connectivity index (χ1) is 7.40. The Hall–Kier alpha value is -1.58. The number of nitrogens with zero attached hydrogens (tertiary/aromatic N) is 1. The Bertz CT molecular complexity index is 370. The number of aromatic nitrogens is 1. The summed E-state index contributed by atoms with van der Waals surface area (Å²) >= 11 is 0. The van der Waals surface area contributed by atoms with Crippen LogP contribution in [0.25, 0.3) is 0 Å². The van der Waals surface area contributed by atoms with E-state index in [0.717, 1.165) is 6.42 Å². The molecule has 2 N–H and O–H groups in total. The van der Waals surface area contributed by atoms with Gasteiger partial charge in [0.2, 0.25) is 0 Å². The maximum absolute atomic E-state index is 11.6. The first kappa shape index (κ1) is 12.5. The molecule has 1 heterocycles. The minimum atomic E-state index is -0.385. The molecule has 0 fully saturated rings. The van der Waals surface area contributed by atoms with Gasteiger partial charge in [0.1, 0.15) is 0 Å². The predicted molar refractivity (Wildman–Crippen MR) is 63.0 cm³/mol. The van der Waals surface area contributed by atoms with E-state index >= 15 is 0 Å². The molecule has 0 bridgehead atoms. The molecule has 4 heteroatoms. The van der Waals surface area contributed by atoms with Crippen molar-refractivity contribution in [2.75, 3.05) is 12.3 Å². The van der Waals surface area contributed by atoms with Gasteiger partial charge in [-0.25, -0.2) is 4.79 Å². The summed E-state index contributed by atoms with van der Waals surface area (Å²) in [5.41, 5.74) is 6.50. The fourth-order valence-electron chi connectivity index (χ4n) is 1.12. The minimum Gasteiger partial charge on any atom is -0.462 e. The van der Waals surface area contributed by atoms with Crippen LogP contribution in [0, 0.1) is 5.41 Å². The summed E-state index contributed by atoms with van der Waals surface area (Å²) in [5.74, 6) is -0.385. The molecule has 4 nitrogen and oxygen atoms in total. The highest BCUT2D eigenvalue weighted by molar-refractivity contribution is 5.94. The number of hydrogen-bond acceptors (Lipinski definition) is 4. The quantitative estimate of drug-likeness (QED) is 0.797. The van der Waals surface area contributed by atoms with E-state index in [0.29, 0.717) is 17.9 Å². The summed E-state index contributed by atoms with van der Waals surface area (Å²) in [5, 5.41) is 0. The summed E-state index contributed by atoms with van der Waals surface area (Å²) in [4.78, 5) is 15.4. The highest BCUT2D eigenvalue weighted by Crippen LogP contribution is 2.18. The van der Waals surface area contributed by atoms with E-state index in [1.54, 1.807) is 6.07 Å². The van der Waals surface area contributed by atoms with Gasteiger partial charge in [0.15, 0.2) is 0 Å². The van der Waals surface area contributed by atoms with E-state index in [2.05, 4.69) is 25.8 Å². The SMILES string of the molecule is CC(C)(C)CCOC(=O)c1ccncc1N. The van der Waals surface area contributed by atoms with Crippen molar-refractivity contribution in [3.63, 3.8) is 0 Å². The van der Waals surface area contributed by atoms with Gasteiger partial charge in [-0.3, -0.25) is 4.98 Å². The average molecular weight is 222 g/mol. The number of carbonyl (C=O) groups is 1. The second kappa shape index (κ2) is 4.96. The molecule has 0 radical (unpaired) electrons. The third kappa shape index (κ3) is 3.88. The zero-order valence-corrected chi connectivity index (χ0v) is 9.99. The number of ether oxygens (including phenoxy) is 1. The molecule has 0 spiro atoms. The van der Waals surface area contributed by atoms with Gasteiger partial charge in [-0.15, -0.1) is 0 Å². The van der Waals surface area contributed by atoms with Crippen molar-refractivity contribution < 1.29 is 9.53 Å². The number of rotatable bonds is 3. The molecule has 0 saturated heterocycles. The summed E-state index contributed by atoms with van der Waals surface area (Å²) in [6.07, 6.45) is 3.79. The van der Waals surface area contributed by atoms with Crippen molar-refractivity contribution >= 4 is 11.7 Å². The Balaban J connectivity index is 2.51. The Morgan fingerprint density at radius 3 is 2.75 bits per heavy atom. The average Bonchev–Trinajstić information content (AvgIpc) is 2.16. The van der Waals surface area contributed by atoms with Crippen LogP contribution >= 0.6 is 0 Å². The van der Waals surface area contributed by atoms with Crippen LogP contribution in [0.15, 0.2) is 18.5 Å². The van der Waals surface area contributed by atoms with Crippen LogP contribution in [0.5, 0.6) is 0 Å². The fraction of sp³-hybridized carbons (Fsp3) is 0.500. The molecule has 0 aliphatic heterocycles. The number of esters is 1. The summed E-state index contributed by atoms with van der Waals surface area (Å²) < 4.78 is 5.14. The van der Waals surface area contributed by atoms with Crippen molar-refractivity contribution in [3.05, 3.63) is 24.0 Å². The zero-order chi connectivity index (χ0) is 12.2. The molecule has 0 unspecified atom stereocenters. The first-order valence-corrected chi connectivity index (χ1v) is 5.27. The highest BCUT2D eigenvalue weighted by atomic mass is 16.5. The molecule has 0 aliphatic carbocycles. The minimum absolute atomic E-state index is 0.157. The molecule has 0 saturated carbocycles. The molecule has 88 valence electrons. The third-order valence-electron chi connectivity index (χ3n) is 2.16.